The van der Waals surface area contributed by atoms with Crippen LogP contribution in [0, 0.1) is 11.6 Å². The maximum atomic E-state index is 13.4. The van der Waals surface area contributed by atoms with Crippen LogP contribution in [0.5, 0.6) is 0 Å². The van der Waals surface area contributed by atoms with Crippen molar-refractivity contribution < 1.29 is 13.6 Å². The Hall–Kier alpha value is -3.22. The second-order valence-electron chi connectivity index (χ2n) is 6.41. The lowest BCUT2D eigenvalue weighted by Crippen LogP contribution is -2.31. The Morgan fingerprint density at radius 3 is 2.59 bits per heavy atom. The maximum absolute atomic E-state index is 13.4. The van der Waals surface area contributed by atoms with Gasteiger partial charge in [-0.25, -0.2) is 18.7 Å². The van der Waals surface area contributed by atoms with Crippen LogP contribution in [0.4, 0.5) is 8.78 Å². The number of halogens is 2. The molecule has 0 aliphatic heterocycles. The zero-order valence-electron chi connectivity index (χ0n) is 14.3. The molecular weight excluding hydrogens is 350 g/mol. The Kier molecular flexibility index (Phi) is 4.58. The summed E-state index contributed by atoms with van der Waals surface area (Å²) >= 11 is 0. The summed E-state index contributed by atoms with van der Waals surface area (Å²) in [5.74, 6) is -1.48. The number of amides is 1. The molecule has 0 radical (unpaired) electrons. The van der Waals surface area contributed by atoms with Crippen molar-refractivity contribution in [2.45, 2.75) is 25.3 Å². The van der Waals surface area contributed by atoms with Gasteiger partial charge in [-0.2, -0.15) is 0 Å². The van der Waals surface area contributed by atoms with E-state index in [1.807, 2.05) is 12.1 Å². The van der Waals surface area contributed by atoms with E-state index in [-0.39, 0.29) is 11.6 Å². The van der Waals surface area contributed by atoms with Crippen LogP contribution in [-0.2, 0) is 6.42 Å². The van der Waals surface area contributed by atoms with Gasteiger partial charge >= 0.3 is 0 Å². The molecule has 1 aliphatic rings. The quantitative estimate of drug-likeness (QED) is 0.769. The Morgan fingerprint density at radius 2 is 1.85 bits per heavy atom. The molecule has 0 spiro atoms. The number of fused-ring (bicyclic) bond motifs is 1. The molecule has 2 aromatic heterocycles. The fourth-order valence-electron chi connectivity index (χ4n) is 3.26. The number of hydrogen-bond donors (Lipinski definition) is 1. The first-order valence-electron chi connectivity index (χ1n) is 8.63. The highest BCUT2D eigenvalue weighted by Gasteiger charge is 2.24. The minimum absolute atomic E-state index is 0.0473. The molecule has 136 valence electrons. The van der Waals surface area contributed by atoms with Gasteiger partial charge in [0.15, 0.2) is 5.82 Å². The molecular formula is C20H16F2N4O. The third kappa shape index (κ3) is 3.67. The number of nitrogens with zero attached hydrogens (tertiary/aromatic N) is 3. The van der Waals surface area contributed by atoms with Gasteiger partial charge in [-0.3, -0.25) is 9.78 Å². The number of benzene rings is 1. The fourth-order valence-corrected chi connectivity index (χ4v) is 3.26. The summed E-state index contributed by atoms with van der Waals surface area (Å²) in [6, 6.07) is 6.15. The van der Waals surface area contributed by atoms with E-state index in [0.29, 0.717) is 12.2 Å². The topological polar surface area (TPSA) is 67.8 Å². The number of nitrogens with one attached hydrogen (secondary N) is 1. The Bertz CT molecular complexity index is 974. The smallest absolute Gasteiger partial charge is 0.251 e. The van der Waals surface area contributed by atoms with Crippen LogP contribution in [0.25, 0.3) is 11.4 Å². The van der Waals surface area contributed by atoms with E-state index in [2.05, 4.69) is 20.3 Å². The number of rotatable bonds is 3. The van der Waals surface area contributed by atoms with E-state index in [0.717, 1.165) is 47.9 Å². The van der Waals surface area contributed by atoms with Gasteiger partial charge in [0.25, 0.3) is 5.91 Å². The number of aryl methyl sites for hydroxylation is 1. The standard InChI is InChI=1S/C20H16F2N4O/c21-14-8-13(9-15(22)10-14)20(27)26-18-3-1-2-17-16(18)11-24-19(25-17)12-4-6-23-7-5-12/h4-11,18H,1-3H2,(H,26,27). The van der Waals surface area contributed by atoms with Gasteiger partial charge in [0, 0.05) is 47.0 Å². The summed E-state index contributed by atoms with van der Waals surface area (Å²) in [5.41, 5.74) is 2.53. The molecule has 27 heavy (non-hydrogen) atoms. The summed E-state index contributed by atoms with van der Waals surface area (Å²) in [4.78, 5) is 25.5. The second-order valence-corrected chi connectivity index (χ2v) is 6.41. The molecule has 1 atom stereocenters. The van der Waals surface area contributed by atoms with E-state index in [4.69, 9.17) is 0 Å². The minimum atomic E-state index is -0.783. The first kappa shape index (κ1) is 17.2. The highest BCUT2D eigenvalue weighted by atomic mass is 19.1. The monoisotopic (exact) mass is 366 g/mol. The van der Waals surface area contributed by atoms with E-state index in [1.165, 1.54) is 0 Å². The van der Waals surface area contributed by atoms with Crippen molar-refractivity contribution in [3.63, 3.8) is 0 Å². The minimum Gasteiger partial charge on any atom is -0.345 e. The largest absolute Gasteiger partial charge is 0.345 e. The molecule has 1 N–H and O–H groups in total. The average molecular weight is 366 g/mol. The molecule has 0 fully saturated rings. The van der Waals surface area contributed by atoms with Crippen LogP contribution < -0.4 is 5.32 Å². The van der Waals surface area contributed by atoms with Gasteiger partial charge in [-0.1, -0.05) is 0 Å². The first-order chi connectivity index (χ1) is 13.1. The third-order valence-electron chi connectivity index (χ3n) is 4.55. The zero-order valence-corrected chi connectivity index (χ0v) is 14.3. The van der Waals surface area contributed by atoms with Crippen LogP contribution in [0.2, 0.25) is 0 Å². The second kappa shape index (κ2) is 7.19. The van der Waals surface area contributed by atoms with E-state index < -0.39 is 17.5 Å². The van der Waals surface area contributed by atoms with E-state index >= 15 is 0 Å². The first-order valence-corrected chi connectivity index (χ1v) is 8.63. The molecule has 1 unspecified atom stereocenters. The Morgan fingerprint density at radius 1 is 1.11 bits per heavy atom. The van der Waals surface area contributed by atoms with Crippen molar-refractivity contribution in [3.8, 4) is 11.4 Å². The molecule has 1 aliphatic carbocycles. The Balaban J connectivity index is 1.59. The SMILES string of the molecule is O=C(NC1CCCc2nc(-c3ccncc3)ncc21)c1cc(F)cc(F)c1. The van der Waals surface area contributed by atoms with Gasteiger partial charge in [-0.15, -0.1) is 0 Å². The summed E-state index contributed by atoms with van der Waals surface area (Å²) in [6.07, 6.45) is 7.43. The molecule has 7 heteroatoms. The maximum Gasteiger partial charge on any atom is 0.251 e. The normalized spacial score (nSPS) is 15.9. The van der Waals surface area contributed by atoms with Gasteiger partial charge in [0.1, 0.15) is 11.6 Å². The van der Waals surface area contributed by atoms with Crippen molar-refractivity contribution >= 4 is 5.91 Å². The van der Waals surface area contributed by atoms with Crippen LogP contribution in [-0.4, -0.2) is 20.9 Å². The van der Waals surface area contributed by atoms with Crippen molar-refractivity contribution in [1.29, 1.82) is 0 Å². The molecule has 3 aromatic rings. The van der Waals surface area contributed by atoms with Crippen LogP contribution in [0.1, 0.15) is 40.5 Å². The van der Waals surface area contributed by atoms with Crippen molar-refractivity contribution in [3.05, 3.63) is 77.4 Å². The molecule has 0 bridgehead atoms. The van der Waals surface area contributed by atoms with Gasteiger partial charge in [0.05, 0.1) is 6.04 Å². The van der Waals surface area contributed by atoms with Crippen molar-refractivity contribution in [2.24, 2.45) is 0 Å². The molecule has 0 saturated carbocycles. The van der Waals surface area contributed by atoms with Crippen LogP contribution in [0.15, 0.2) is 48.9 Å². The molecule has 1 amide bonds. The van der Waals surface area contributed by atoms with Gasteiger partial charge < -0.3 is 5.32 Å². The zero-order chi connectivity index (χ0) is 18.8. The fraction of sp³-hybridized carbons (Fsp3) is 0.200. The summed E-state index contributed by atoms with van der Waals surface area (Å²) in [6.45, 7) is 0. The van der Waals surface area contributed by atoms with Gasteiger partial charge in [-0.05, 0) is 43.5 Å². The predicted molar refractivity (Wildman–Crippen MR) is 94.8 cm³/mol. The average Bonchev–Trinajstić information content (AvgIpc) is 2.68. The summed E-state index contributed by atoms with van der Waals surface area (Å²) in [7, 11) is 0. The molecule has 2 heterocycles. The molecule has 0 saturated heterocycles. The van der Waals surface area contributed by atoms with E-state index in [1.54, 1.807) is 18.6 Å². The Labute approximate surface area is 154 Å². The van der Waals surface area contributed by atoms with Crippen molar-refractivity contribution in [1.82, 2.24) is 20.3 Å². The lowest BCUT2D eigenvalue weighted by molar-refractivity contribution is 0.0931. The highest BCUT2D eigenvalue weighted by molar-refractivity contribution is 5.94. The predicted octanol–water partition coefficient (Wildman–Crippen LogP) is 3.62. The number of aromatic nitrogens is 3. The van der Waals surface area contributed by atoms with Crippen LogP contribution in [0.3, 0.4) is 0 Å². The summed E-state index contributed by atoms with van der Waals surface area (Å²) in [5, 5.41) is 2.84. The molecule has 5 nitrogen and oxygen atoms in total. The third-order valence-corrected chi connectivity index (χ3v) is 4.55. The van der Waals surface area contributed by atoms with Crippen LogP contribution >= 0.6 is 0 Å². The van der Waals surface area contributed by atoms with Crippen molar-refractivity contribution in [2.75, 3.05) is 0 Å². The number of carbonyl (C=O) groups excluding carboxylic acids is 1. The highest BCUT2D eigenvalue weighted by Crippen LogP contribution is 2.29. The lowest BCUT2D eigenvalue weighted by Gasteiger charge is -2.25. The molecule has 4 rings (SSSR count). The molecule has 1 aromatic carbocycles. The van der Waals surface area contributed by atoms with E-state index in [9.17, 15) is 13.6 Å². The summed E-state index contributed by atoms with van der Waals surface area (Å²) < 4.78 is 26.7. The number of pyridine rings is 1. The number of carbonyl (C=O) groups is 1. The lowest BCUT2D eigenvalue weighted by atomic mass is 9.92. The number of hydrogen-bond acceptors (Lipinski definition) is 4. The van der Waals surface area contributed by atoms with Gasteiger partial charge in [0.2, 0.25) is 0 Å².